The predicted molar refractivity (Wildman–Crippen MR) is 104 cm³/mol. The maximum absolute atomic E-state index is 11.5. The number of fused-ring (bicyclic) bond motifs is 1. The predicted octanol–water partition coefficient (Wildman–Crippen LogP) is 2.18. The van der Waals surface area contributed by atoms with E-state index < -0.39 is 6.03 Å². The van der Waals surface area contributed by atoms with E-state index in [4.69, 9.17) is 4.98 Å². The first kappa shape index (κ1) is 17.7. The molecule has 3 heterocycles. The Hall–Kier alpha value is -3.75. The molecule has 1 aliphatic rings. The number of carbonyl (C=O) groups excluding carboxylic acids is 2. The molecule has 0 radical (unpaired) electrons. The van der Waals surface area contributed by atoms with Gasteiger partial charge in [0, 0.05) is 41.3 Å². The van der Waals surface area contributed by atoms with E-state index in [0.717, 1.165) is 35.5 Å². The van der Waals surface area contributed by atoms with Crippen molar-refractivity contribution in [1.82, 2.24) is 30.2 Å². The number of imide groups is 1. The van der Waals surface area contributed by atoms with Gasteiger partial charge >= 0.3 is 6.03 Å². The second-order valence-electron chi connectivity index (χ2n) is 6.56. The molecule has 142 valence electrons. The van der Waals surface area contributed by atoms with Gasteiger partial charge in [-0.05, 0) is 38.0 Å². The highest BCUT2D eigenvalue weighted by Gasteiger charge is 2.23. The monoisotopic (exact) mass is 377 g/mol. The van der Waals surface area contributed by atoms with Gasteiger partial charge in [0.05, 0.1) is 11.9 Å². The van der Waals surface area contributed by atoms with Gasteiger partial charge in [-0.25, -0.2) is 9.78 Å². The van der Waals surface area contributed by atoms with Crippen molar-refractivity contribution in [2.24, 2.45) is 0 Å². The summed E-state index contributed by atoms with van der Waals surface area (Å²) in [4.78, 5) is 30.7. The summed E-state index contributed by atoms with van der Waals surface area (Å²) in [6.45, 7) is 1.73. The number of aromatic nitrogens is 4. The Labute approximate surface area is 160 Å². The van der Waals surface area contributed by atoms with E-state index in [9.17, 15) is 9.59 Å². The third-order valence-electron chi connectivity index (χ3n) is 4.28. The summed E-state index contributed by atoms with van der Waals surface area (Å²) >= 11 is 0. The van der Waals surface area contributed by atoms with Gasteiger partial charge in [-0.1, -0.05) is 0 Å². The van der Waals surface area contributed by atoms with Crippen LogP contribution in [0.4, 0.5) is 10.6 Å². The van der Waals surface area contributed by atoms with Gasteiger partial charge in [0.2, 0.25) is 6.41 Å². The molecule has 1 aliphatic carbocycles. The Bertz CT molecular complexity index is 1050. The highest BCUT2D eigenvalue weighted by molar-refractivity contribution is 5.86. The summed E-state index contributed by atoms with van der Waals surface area (Å²) in [7, 11) is 0. The number of hydrogen-bond acceptors (Lipinski definition) is 6. The van der Waals surface area contributed by atoms with Gasteiger partial charge in [-0.2, -0.15) is 9.61 Å². The Balaban J connectivity index is 1.75. The average molecular weight is 377 g/mol. The quantitative estimate of drug-likeness (QED) is 0.568. The van der Waals surface area contributed by atoms with Crippen LogP contribution in [0.2, 0.25) is 0 Å². The lowest BCUT2D eigenvalue weighted by molar-refractivity contribution is -0.108. The molecular weight excluding hydrogens is 358 g/mol. The molecule has 0 spiro atoms. The van der Waals surface area contributed by atoms with E-state index in [1.54, 1.807) is 36.1 Å². The fourth-order valence-corrected chi connectivity index (χ4v) is 2.83. The molecule has 9 nitrogen and oxygen atoms in total. The molecule has 1 saturated carbocycles. The second-order valence-corrected chi connectivity index (χ2v) is 6.56. The van der Waals surface area contributed by atoms with E-state index in [1.807, 2.05) is 23.5 Å². The van der Waals surface area contributed by atoms with Crippen molar-refractivity contribution in [3.63, 3.8) is 0 Å². The zero-order valence-electron chi connectivity index (χ0n) is 15.2. The molecule has 1 fully saturated rings. The maximum atomic E-state index is 11.5. The number of amides is 3. The second kappa shape index (κ2) is 7.47. The molecule has 4 rings (SSSR count). The molecular formula is C19H19N7O2. The van der Waals surface area contributed by atoms with Crippen LogP contribution < -0.4 is 16.0 Å². The number of rotatable bonds is 6. The SMILES string of the molecule is C/C(=C/c1cnn2c(NC3CC3)cc(-c3ccncc3)nc12)NC(=O)NC=O. The van der Waals surface area contributed by atoms with Crippen LogP contribution in [0.1, 0.15) is 25.3 Å². The zero-order valence-corrected chi connectivity index (χ0v) is 15.2. The third-order valence-corrected chi connectivity index (χ3v) is 4.28. The Kier molecular flexibility index (Phi) is 4.71. The largest absolute Gasteiger partial charge is 0.367 e. The van der Waals surface area contributed by atoms with Gasteiger partial charge in [0.15, 0.2) is 5.65 Å². The number of anilines is 1. The van der Waals surface area contributed by atoms with Crippen LogP contribution >= 0.6 is 0 Å². The molecule has 0 saturated heterocycles. The number of carbonyl (C=O) groups is 2. The molecule has 3 aromatic heterocycles. The fraction of sp³-hybridized carbons (Fsp3) is 0.211. The van der Waals surface area contributed by atoms with Crippen LogP contribution in [-0.4, -0.2) is 38.1 Å². The van der Waals surface area contributed by atoms with Gasteiger partial charge < -0.3 is 10.6 Å². The molecule has 3 N–H and O–H groups in total. The van der Waals surface area contributed by atoms with Crippen molar-refractivity contribution >= 4 is 30.0 Å². The van der Waals surface area contributed by atoms with E-state index >= 15 is 0 Å². The van der Waals surface area contributed by atoms with Crippen LogP contribution in [-0.2, 0) is 4.79 Å². The summed E-state index contributed by atoms with van der Waals surface area (Å²) in [5.41, 5.74) is 3.72. The molecule has 0 aliphatic heterocycles. The van der Waals surface area contributed by atoms with Crippen molar-refractivity contribution in [2.75, 3.05) is 5.32 Å². The van der Waals surface area contributed by atoms with Crippen molar-refractivity contribution in [2.45, 2.75) is 25.8 Å². The molecule has 3 aromatic rings. The fourth-order valence-electron chi connectivity index (χ4n) is 2.83. The van der Waals surface area contributed by atoms with Crippen molar-refractivity contribution < 1.29 is 9.59 Å². The Morgan fingerprint density at radius 2 is 2.07 bits per heavy atom. The van der Waals surface area contributed by atoms with E-state index in [0.29, 0.717) is 23.8 Å². The van der Waals surface area contributed by atoms with Crippen molar-refractivity contribution in [3.8, 4) is 11.3 Å². The first-order chi connectivity index (χ1) is 13.6. The molecule has 28 heavy (non-hydrogen) atoms. The van der Waals surface area contributed by atoms with Crippen LogP contribution in [0, 0.1) is 0 Å². The molecule has 0 unspecified atom stereocenters. The van der Waals surface area contributed by atoms with Crippen molar-refractivity contribution in [3.05, 3.63) is 48.1 Å². The normalized spacial score (nSPS) is 14.0. The van der Waals surface area contributed by atoms with Crippen LogP contribution in [0.25, 0.3) is 23.0 Å². The Morgan fingerprint density at radius 3 is 2.79 bits per heavy atom. The number of urea groups is 1. The van der Waals surface area contributed by atoms with Crippen LogP contribution in [0.5, 0.6) is 0 Å². The maximum Gasteiger partial charge on any atom is 0.325 e. The number of hydrogen-bond donors (Lipinski definition) is 3. The molecule has 3 amide bonds. The lowest BCUT2D eigenvalue weighted by atomic mass is 10.2. The summed E-state index contributed by atoms with van der Waals surface area (Å²) < 4.78 is 1.76. The van der Waals surface area contributed by atoms with Crippen molar-refractivity contribution in [1.29, 1.82) is 0 Å². The average Bonchev–Trinajstić information content (AvgIpc) is 3.41. The van der Waals surface area contributed by atoms with E-state index in [2.05, 4.69) is 20.7 Å². The van der Waals surface area contributed by atoms with Gasteiger partial charge in [-0.15, -0.1) is 0 Å². The summed E-state index contributed by atoms with van der Waals surface area (Å²) in [5.74, 6) is 0.864. The molecule has 0 bridgehead atoms. The van der Waals surface area contributed by atoms with Crippen LogP contribution in [0.15, 0.2) is 42.5 Å². The number of nitrogens with zero attached hydrogens (tertiary/aromatic N) is 4. The zero-order chi connectivity index (χ0) is 19.5. The first-order valence-electron chi connectivity index (χ1n) is 8.89. The minimum absolute atomic E-state index is 0.330. The van der Waals surface area contributed by atoms with Gasteiger partial charge in [0.1, 0.15) is 5.82 Å². The minimum Gasteiger partial charge on any atom is -0.367 e. The van der Waals surface area contributed by atoms with E-state index in [1.165, 1.54) is 0 Å². The van der Waals surface area contributed by atoms with Gasteiger partial charge in [0.25, 0.3) is 0 Å². The lowest BCUT2D eigenvalue weighted by Gasteiger charge is -2.10. The van der Waals surface area contributed by atoms with Crippen LogP contribution in [0.3, 0.4) is 0 Å². The minimum atomic E-state index is -0.596. The number of allylic oxidation sites excluding steroid dienone is 1. The number of pyridine rings is 1. The highest BCUT2D eigenvalue weighted by atomic mass is 16.2. The lowest BCUT2D eigenvalue weighted by Crippen LogP contribution is -2.33. The standard InChI is InChI=1S/C19H19N7O2/c1-12(23-19(28)21-11-27)8-14-10-22-26-17(24-15-2-3-15)9-16(25-18(14)26)13-4-6-20-7-5-13/h4-11,15,24H,2-3H2,1H3,(H2,21,23,27,28)/b12-8-. The number of nitrogens with one attached hydrogen (secondary N) is 3. The Morgan fingerprint density at radius 1 is 1.29 bits per heavy atom. The molecule has 0 atom stereocenters. The first-order valence-corrected chi connectivity index (χ1v) is 8.89. The summed E-state index contributed by atoms with van der Waals surface area (Å²) in [6.07, 6.45) is 9.51. The highest BCUT2D eigenvalue weighted by Crippen LogP contribution is 2.28. The third kappa shape index (κ3) is 3.83. The summed E-state index contributed by atoms with van der Waals surface area (Å²) in [6, 6.07) is 5.64. The molecule has 0 aromatic carbocycles. The summed E-state index contributed by atoms with van der Waals surface area (Å²) in [5, 5.41) is 12.6. The molecule has 9 heteroatoms. The van der Waals surface area contributed by atoms with E-state index in [-0.39, 0.29) is 0 Å². The topological polar surface area (TPSA) is 113 Å². The smallest absolute Gasteiger partial charge is 0.325 e. The van der Waals surface area contributed by atoms with Gasteiger partial charge in [-0.3, -0.25) is 15.1 Å².